The van der Waals surface area contributed by atoms with E-state index in [0.29, 0.717) is 33.7 Å². The number of hydrogen-bond donors (Lipinski definition) is 1. The van der Waals surface area contributed by atoms with Crippen molar-refractivity contribution in [2.45, 2.75) is 65.9 Å². The minimum atomic E-state index is -6.02. The molecule has 9 nitrogen and oxygen atoms in total. The van der Waals surface area contributed by atoms with Crippen molar-refractivity contribution in [1.82, 2.24) is 4.98 Å². The molecule has 0 unspecified atom stereocenters. The normalized spacial score (nSPS) is 15.8. The highest BCUT2D eigenvalue weighted by atomic mass is 35.5. The summed E-state index contributed by atoms with van der Waals surface area (Å²) < 4.78 is 73.2. The van der Waals surface area contributed by atoms with Gasteiger partial charge >= 0.3 is 15.6 Å². The van der Waals surface area contributed by atoms with Crippen LogP contribution in [0.25, 0.3) is 22.2 Å². The van der Waals surface area contributed by atoms with Crippen LogP contribution in [0.2, 0.25) is 5.15 Å². The van der Waals surface area contributed by atoms with Crippen LogP contribution in [0.4, 0.5) is 24.7 Å². The first-order valence-corrected chi connectivity index (χ1v) is 17.0. The maximum absolute atomic E-state index is 13.7. The second kappa shape index (κ2) is 12.7. The Hall–Kier alpha value is -4.10. The summed E-state index contributed by atoms with van der Waals surface area (Å²) in [5, 5.41) is 3.93. The molecule has 14 heteroatoms. The molecule has 4 aromatic rings. The van der Waals surface area contributed by atoms with Crippen LogP contribution in [0.15, 0.2) is 45.6 Å². The van der Waals surface area contributed by atoms with Crippen LogP contribution in [-0.2, 0) is 10.1 Å². The van der Waals surface area contributed by atoms with Crippen LogP contribution >= 0.6 is 11.6 Å². The first kappa shape index (κ1) is 35.2. The van der Waals surface area contributed by atoms with Gasteiger partial charge in [-0.1, -0.05) is 31.5 Å². The first-order chi connectivity index (χ1) is 22.3. The van der Waals surface area contributed by atoms with Crippen LogP contribution in [0.3, 0.4) is 0 Å². The Kier molecular flexibility index (Phi) is 9.34. The van der Waals surface area contributed by atoms with Crippen LogP contribution in [0, 0.1) is 26.2 Å². The minimum Gasteiger partial charge on any atom is -0.440 e. The van der Waals surface area contributed by atoms with Crippen molar-refractivity contribution in [3.05, 3.63) is 79.6 Å². The number of alkyl halides is 3. The van der Waals surface area contributed by atoms with E-state index in [4.69, 9.17) is 16.0 Å². The second-order valence-electron chi connectivity index (χ2n) is 12.9. The molecule has 1 N–H and O–H groups in total. The fourth-order valence-electron chi connectivity index (χ4n) is 5.91. The number of carbonyl (C=O) groups excluding carboxylic acids is 1. The molecule has 0 spiro atoms. The summed E-state index contributed by atoms with van der Waals surface area (Å²) in [6.45, 7) is 12.9. The van der Waals surface area contributed by atoms with Gasteiger partial charge in [0.2, 0.25) is 5.88 Å². The van der Waals surface area contributed by atoms with Gasteiger partial charge in [0.15, 0.2) is 17.5 Å². The number of anilines is 2. The Labute approximate surface area is 281 Å². The molecule has 1 aliphatic heterocycles. The van der Waals surface area contributed by atoms with Crippen LogP contribution in [0.5, 0.6) is 5.75 Å². The lowest BCUT2D eigenvalue weighted by atomic mass is 9.82. The van der Waals surface area contributed by atoms with E-state index in [2.05, 4.69) is 33.2 Å². The number of piperidine rings is 1. The zero-order valence-electron chi connectivity index (χ0n) is 27.2. The van der Waals surface area contributed by atoms with E-state index in [-0.39, 0.29) is 39.1 Å². The summed E-state index contributed by atoms with van der Waals surface area (Å²) in [4.78, 5) is 32.2. The molecule has 48 heavy (non-hydrogen) atoms. The summed E-state index contributed by atoms with van der Waals surface area (Å²) in [6.07, 6.45) is 2.12. The lowest BCUT2D eigenvalue weighted by Crippen LogP contribution is -2.38. The van der Waals surface area contributed by atoms with E-state index in [0.717, 1.165) is 37.6 Å². The number of aryl methyl sites for hydroxylation is 1. The van der Waals surface area contributed by atoms with Crippen LogP contribution < -0.4 is 19.8 Å². The molecule has 1 aliphatic rings. The van der Waals surface area contributed by atoms with Crippen molar-refractivity contribution in [2.75, 3.05) is 23.3 Å². The second-order valence-corrected chi connectivity index (χ2v) is 14.8. The average Bonchev–Trinajstić information content (AvgIpc) is 2.99. The Morgan fingerprint density at radius 3 is 2.38 bits per heavy atom. The lowest BCUT2D eigenvalue weighted by Gasteiger charge is -2.37. The van der Waals surface area contributed by atoms with Crippen molar-refractivity contribution in [3.63, 3.8) is 0 Å². The highest BCUT2D eigenvalue weighted by molar-refractivity contribution is 7.88. The van der Waals surface area contributed by atoms with Crippen molar-refractivity contribution in [3.8, 4) is 17.0 Å². The fraction of sp³-hybridized carbons (Fsp3) is 0.382. The minimum absolute atomic E-state index is 0.0899. The highest BCUT2D eigenvalue weighted by Crippen LogP contribution is 2.39. The molecule has 0 saturated carbocycles. The van der Waals surface area contributed by atoms with Gasteiger partial charge < -0.3 is 18.8 Å². The maximum Gasteiger partial charge on any atom is 0.534 e. The van der Waals surface area contributed by atoms with E-state index < -0.39 is 33.0 Å². The van der Waals surface area contributed by atoms with Crippen molar-refractivity contribution >= 4 is 50.5 Å². The molecular weight excluding hydrogens is 671 g/mol. The summed E-state index contributed by atoms with van der Waals surface area (Å²) >= 11 is 6.26. The van der Waals surface area contributed by atoms with E-state index in [1.165, 1.54) is 19.1 Å². The van der Waals surface area contributed by atoms with Gasteiger partial charge in [-0.15, -0.1) is 0 Å². The van der Waals surface area contributed by atoms with Crippen molar-refractivity contribution in [2.24, 2.45) is 5.41 Å². The van der Waals surface area contributed by atoms with Gasteiger partial charge in [-0.05, 0) is 87.4 Å². The van der Waals surface area contributed by atoms with Crippen LogP contribution in [-0.4, -0.2) is 38.3 Å². The number of aldehydes is 1. The highest BCUT2D eigenvalue weighted by Gasteiger charge is 2.49. The number of carbonyl (C=O) groups is 1. The fourth-order valence-corrected chi connectivity index (χ4v) is 6.53. The summed E-state index contributed by atoms with van der Waals surface area (Å²) in [5.74, 6) is -0.237. The number of benzene rings is 2. The summed E-state index contributed by atoms with van der Waals surface area (Å²) in [7, 11) is -6.02. The number of halogens is 4. The van der Waals surface area contributed by atoms with Gasteiger partial charge in [-0.25, -0.2) is 4.98 Å². The monoisotopic (exact) mass is 705 g/mol. The van der Waals surface area contributed by atoms with Gasteiger partial charge in [0.05, 0.1) is 33.9 Å². The van der Waals surface area contributed by atoms with Gasteiger partial charge in [0, 0.05) is 24.2 Å². The molecule has 2 aromatic carbocycles. The number of nitrogens with one attached hydrogen (secondary N) is 1. The number of fused-ring (bicyclic) bond motifs is 1. The molecule has 5 rings (SSSR count). The summed E-state index contributed by atoms with van der Waals surface area (Å²) in [5.41, 5.74) is -2.41. The molecule has 1 fully saturated rings. The molecule has 0 radical (unpaired) electrons. The number of pyridine rings is 1. The number of hydrogen-bond acceptors (Lipinski definition) is 9. The lowest BCUT2D eigenvalue weighted by molar-refractivity contribution is -0.0500. The molecule has 0 bridgehead atoms. The first-order valence-electron chi connectivity index (χ1n) is 15.2. The Morgan fingerprint density at radius 2 is 1.75 bits per heavy atom. The quantitative estimate of drug-likeness (QED) is 0.0836. The van der Waals surface area contributed by atoms with Gasteiger partial charge in [-0.2, -0.15) is 21.6 Å². The van der Waals surface area contributed by atoms with E-state index in [1.54, 1.807) is 19.1 Å². The predicted octanol–water partition coefficient (Wildman–Crippen LogP) is 8.27. The maximum atomic E-state index is 13.7. The molecule has 1 atom stereocenters. The third-order valence-electron chi connectivity index (χ3n) is 8.80. The standard InChI is InChI=1S/C34H35ClF3N3O6S/c1-18-15-23(31-24(16-18)30(43)20(3)32(46-31)41-13-11-33(5,6)12-14-41)21(4)39-26-8-10-28(35)40-29(26)22-7-9-27(25(17-42)19(22)2)47-48(44,45)34(36,37)38/h7-10,15-17,21,39H,11-14H2,1-6H3/t21-/m1/s1. The summed E-state index contributed by atoms with van der Waals surface area (Å²) in [6, 6.07) is 8.70. The largest absolute Gasteiger partial charge is 0.534 e. The average molecular weight is 706 g/mol. The van der Waals surface area contributed by atoms with E-state index in [1.807, 2.05) is 19.9 Å². The smallest absolute Gasteiger partial charge is 0.440 e. The number of nitrogens with zero attached hydrogens (tertiary/aromatic N) is 2. The third-order valence-corrected chi connectivity index (χ3v) is 9.98. The van der Waals surface area contributed by atoms with Crippen molar-refractivity contribution in [1.29, 1.82) is 0 Å². The zero-order chi connectivity index (χ0) is 35.3. The Bertz CT molecular complexity index is 2090. The van der Waals surface area contributed by atoms with Gasteiger partial charge in [-0.3, -0.25) is 9.59 Å². The van der Waals surface area contributed by atoms with E-state index >= 15 is 0 Å². The Balaban J connectivity index is 1.57. The predicted molar refractivity (Wildman–Crippen MR) is 180 cm³/mol. The Morgan fingerprint density at radius 1 is 1.08 bits per heavy atom. The molecule has 0 aliphatic carbocycles. The molecular formula is C34H35ClF3N3O6S. The van der Waals surface area contributed by atoms with Crippen molar-refractivity contribution < 1.29 is 35.0 Å². The van der Waals surface area contributed by atoms with Crippen LogP contribution in [0.1, 0.15) is 72.3 Å². The SMILES string of the molecule is Cc1cc([C@@H](C)Nc2ccc(Cl)nc2-c2ccc(OS(=O)(=O)C(F)(F)F)c(C=O)c2C)c2oc(N3CCC(C)(C)CC3)c(C)c(=O)c2c1. The van der Waals surface area contributed by atoms with Gasteiger partial charge in [0.1, 0.15) is 10.7 Å². The number of rotatable bonds is 8. The number of aromatic nitrogens is 1. The third kappa shape index (κ3) is 6.75. The zero-order valence-corrected chi connectivity index (χ0v) is 28.8. The van der Waals surface area contributed by atoms with Gasteiger partial charge in [0.25, 0.3) is 0 Å². The topological polar surface area (TPSA) is 119 Å². The van der Waals surface area contributed by atoms with E-state index in [9.17, 15) is 31.2 Å². The molecule has 3 heterocycles. The molecule has 0 amide bonds. The molecule has 1 saturated heterocycles. The molecule has 2 aromatic heterocycles. The molecule has 256 valence electrons.